The number of nitrogens with zero attached hydrogens (tertiary/aromatic N) is 1. The maximum absolute atomic E-state index is 13.2. The number of rotatable bonds is 6. The minimum absolute atomic E-state index is 0.289. The minimum Gasteiger partial charge on any atom is -0.375 e. The number of hydrogen-bond donors (Lipinski definition) is 1. The smallest absolute Gasteiger partial charge is 0.375 e. The molecular weight excluding hydrogens is 265 g/mol. The Kier molecular flexibility index (Phi) is 4.58. The van der Waals surface area contributed by atoms with E-state index in [-0.39, 0.29) is 6.54 Å². The van der Waals surface area contributed by atoms with E-state index < -0.39 is 11.7 Å². The summed E-state index contributed by atoms with van der Waals surface area (Å²) in [6, 6.07) is 5.03. The molecule has 5 heteroatoms. The van der Waals surface area contributed by atoms with Crippen LogP contribution in [0.4, 0.5) is 18.9 Å². The minimum atomic E-state index is -4.30. The van der Waals surface area contributed by atoms with Crippen LogP contribution in [0.5, 0.6) is 0 Å². The highest BCUT2D eigenvalue weighted by Crippen LogP contribution is 2.35. The summed E-state index contributed by atoms with van der Waals surface area (Å²) in [7, 11) is 1.82. The van der Waals surface area contributed by atoms with Crippen LogP contribution in [0.2, 0.25) is 0 Å². The fourth-order valence-corrected chi connectivity index (χ4v) is 2.23. The summed E-state index contributed by atoms with van der Waals surface area (Å²) in [5.41, 5.74) is 0.429. The molecule has 0 radical (unpaired) electrons. The van der Waals surface area contributed by atoms with Crippen molar-refractivity contribution in [3.8, 4) is 0 Å². The quantitative estimate of drug-likeness (QED) is 0.855. The Labute approximate surface area is 118 Å². The molecule has 0 bridgehead atoms. The van der Waals surface area contributed by atoms with Gasteiger partial charge in [0, 0.05) is 31.9 Å². The van der Waals surface area contributed by atoms with Gasteiger partial charge in [-0.1, -0.05) is 13.0 Å². The topological polar surface area (TPSA) is 15.3 Å². The van der Waals surface area contributed by atoms with E-state index in [1.807, 2.05) is 18.9 Å². The van der Waals surface area contributed by atoms with Crippen LogP contribution in [0.3, 0.4) is 0 Å². The summed E-state index contributed by atoms with van der Waals surface area (Å²) < 4.78 is 39.5. The number of hydrogen-bond acceptors (Lipinski definition) is 2. The highest BCUT2D eigenvalue weighted by Gasteiger charge is 2.34. The number of benzene rings is 1. The molecule has 1 aliphatic carbocycles. The van der Waals surface area contributed by atoms with Gasteiger partial charge >= 0.3 is 6.18 Å². The van der Waals surface area contributed by atoms with Crippen LogP contribution in [0.25, 0.3) is 0 Å². The summed E-state index contributed by atoms with van der Waals surface area (Å²) in [4.78, 5) is 1.85. The summed E-state index contributed by atoms with van der Waals surface area (Å²) >= 11 is 0. The van der Waals surface area contributed by atoms with E-state index in [1.54, 1.807) is 12.1 Å². The number of halogens is 3. The van der Waals surface area contributed by atoms with Crippen LogP contribution < -0.4 is 10.2 Å². The van der Waals surface area contributed by atoms with Gasteiger partial charge in [0.15, 0.2) is 0 Å². The van der Waals surface area contributed by atoms with Gasteiger partial charge in [0.05, 0.1) is 5.56 Å². The molecule has 1 aliphatic rings. The molecule has 1 fully saturated rings. The Morgan fingerprint density at radius 1 is 1.30 bits per heavy atom. The van der Waals surface area contributed by atoms with Gasteiger partial charge in [0.25, 0.3) is 0 Å². The van der Waals surface area contributed by atoms with Gasteiger partial charge in [-0.2, -0.15) is 13.2 Å². The SMILES string of the molecule is CCCN(C)c1ccc(CNC2CC2)c(C(F)(F)F)c1. The first-order valence-corrected chi connectivity index (χ1v) is 7.06. The summed E-state index contributed by atoms with van der Waals surface area (Å²) in [5.74, 6) is 0. The van der Waals surface area contributed by atoms with Gasteiger partial charge in [0.2, 0.25) is 0 Å². The van der Waals surface area contributed by atoms with Crippen molar-refractivity contribution in [1.29, 1.82) is 0 Å². The van der Waals surface area contributed by atoms with Crippen molar-refractivity contribution < 1.29 is 13.2 Å². The fourth-order valence-electron chi connectivity index (χ4n) is 2.23. The standard InChI is InChI=1S/C15H21F3N2/c1-3-8-20(2)13-7-4-11(10-19-12-5-6-12)14(9-13)15(16,17)18/h4,7,9,12,19H,3,5-6,8,10H2,1-2H3. The van der Waals surface area contributed by atoms with E-state index in [4.69, 9.17) is 0 Å². The molecule has 112 valence electrons. The Bertz CT molecular complexity index is 453. The molecule has 1 N–H and O–H groups in total. The molecule has 2 rings (SSSR count). The molecule has 2 nitrogen and oxygen atoms in total. The molecule has 20 heavy (non-hydrogen) atoms. The lowest BCUT2D eigenvalue weighted by molar-refractivity contribution is -0.138. The van der Waals surface area contributed by atoms with Crippen LogP contribution in [0, 0.1) is 0 Å². The van der Waals surface area contributed by atoms with Gasteiger partial charge in [-0.05, 0) is 37.0 Å². The predicted octanol–water partition coefficient (Wildman–Crippen LogP) is 3.80. The Morgan fingerprint density at radius 3 is 2.55 bits per heavy atom. The molecule has 0 aromatic heterocycles. The third-order valence-electron chi connectivity index (χ3n) is 3.56. The zero-order valence-electron chi connectivity index (χ0n) is 11.9. The van der Waals surface area contributed by atoms with Crippen LogP contribution in [0.15, 0.2) is 18.2 Å². The van der Waals surface area contributed by atoms with Crippen LogP contribution >= 0.6 is 0 Å². The lowest BCUT2D eigenvalue weighted by Gasteiger charge is -2.21. The van der Waals surface area contributed by atoms with E-state index in [2.05, 4.69) is 5.32 Å². The third-order valence-corrected chi connectivity index (χ3v) is 3.56. The first-order valence-electron chi connectivity index (χ1n) is 7.06. The van der Waals surface area contributed by atoms with Crippen molar-refractivity contribution in [3.63, 3.8) is 0 Å². The van der Waals surface area contributed by atoms with Gasteiger partial charge in [-0.15, -0.1) is 0 Å². The second-order valence-corrected chi connectivity index (χ2v) is 5.42. The highest BCUT2D eigenvalue weighted by molar-refractivity contribution is 5.51. The number of nitrogens with one attached hydrogen (secondary N) is 1. The van der Waals surface area contributed by atoms with Crippen molar-refractivity contribution in [2.75, 3.05) is 18.5 Å². The van der Waals surface area contributed by atoms with E-state index in [9.17, 15) is 13.2 Å². The van der Waals surface area contributed by atoms with Crippen LogP contribution in [-0.4, -0.2) is 19.6 Å². The van der Waals surface area contributed by atoms with Crippen LogP contribution in [0.1, 0.15) is 37.3 Å². The van der Waals surface area contributed by atoms with E-state index in [0.29, 0.717) is 17.3 Å². The van der Waals surface area contributed by atoms with E-state index in [0.717, 1.165) is 25.8 Å². The van der Waals surface area contributed by atoms with Crippen LogP contribution in [-0.2, 0) is 12.7 Å². The van der Waals surface area contributed by atoms with E-state index in [1.165, 1.54) is 6.07 Å². The molecule has 0 saturated heterocycles. The Morgan fingerprint density at radius 2 is 2.00 bits per heavy atom. The summed E-state index contributed by atoms with van der Waals surface area (Å²) in [6.07, 6.45) is -1.26. The average Bonchev–Trinajstić information content (AvgIpc) is 3.19. The van der Waals surface area contributed by atoms with Gasteiger partial charge < -0.3 is 10.2 Å². The first-order chi connectivity index (χ1) is 9.41. The summed E-state index contributed by atoms with van der Waals surface area (Å²) in [6.45, 7) is 3.04. The third kappa shape index (κ3) is 3.88. The van der Waals surface area contributed by atoms with Gasteiger partial charge in [0.1, 0.15) is 0 Å². The number of alkyl halides is 3. The highest BCUT2D eigenvalue weighted by atomic mass is 19.4. The molecule has 0 heterocycles. The molecule has 1 saturated carbocycles. The molecule has 1 aromatic rings. The fraction of sp³-hybridized carbons (Fsp3) is 0.600. The predicted molar refractivity (Wildman–Crippen MR) is 74.9 cm³/mol. The van der Waals surface area contributed by atoms with Crippen molar-refractivity contribution in [3.05, 3.63) is 29.3 Å². The molecule has 0 unspecified atom stereocenters. The van der Waals surface area contributed by atoms with Crippen molar-refractivity contribution in [2.45, 2.75) is 44.9 Å². The average molecular weight is 286 g/mol. The molecule has 0 aliphatic heterocycles. The maximum atomic E-state index is 13.2. The van der Waals surface area contributed by atoms with Gasteiger partial charge in [-0.25, -0.2) is 0 Å². The van der Waals surface area contributed by atoms with Crippen molar-refractivity contribution in [1.82, 2.24) is 5.32 Å². The molecule has 0 spiro atoms. The Hall–Kier alpha value is -1.23. The molecular formula is C15H21F3N2. The lowest BCUT2D eigenvalue weighted by atomic mass is 10.1. The molecule has 1 aromatic carbocycles. The zero-order chi connectivity index (χ0) is 14.8. The van der Waals surface area contributed by atoms with E-state index >= 15 is 0 Å². The van der Waals surface area contributed by atoms with Gasteiger partial charge in [-0.3, -0.25) is 0 Å². The largest absolute Gasteiger partial charge is 0.416 e. The second-order valence-electron chi connectivity index (χ2n) is 5.42. The normalized spacial score (nSPS) is 15.4. The molecule has 0 amide bonds. The Balaban J connectivity index is 2.22. The summed E-state index contributed by atoms with van der Waals surface area (Å²) in [5, 5.41) is 3.15. The lowest BCUT2D eigenvalue weighted by Crippen LogP contribution is -2.21. The monoisotopic (exact) mass is 286 g/mol. The molecule has 0 atom stereocenters. The maximum Gasteiger partial charge on any atom is 0.416 e. The van der Waals surface area contributed by atoms with Crippen molar-refractivity contribution >= 4 is 5.69 Å². The number of anilines is 1. The second kappa shape index (κ2) is 6.04. The first kappa shape index (κ1) is 15.2. The zero-order valence-corrected chi connectivity index (χ0v) is 11.9. The van der Waals surface area contributed by atoms with Crippen molar-refractivity contribution in [2.24, 2.45) is 0 Å².